The Labute approximate surface area is 322 Å². The normalized spacial score (nSPS) is 12.4. The van der Waals surface area contributed by atoms with Gasteiger partial charge in [-0.15, -0.1) is 15.8 Å². The number of hydrogen-bond acceptors (Lipinski definition) is 2. The Hall–Kier alpha value is -6.25. The molecule has 0 N–H and O–H groups in total. The molecule has 0 aromatic heterocycles. The molecule has 0 heterocycles. The summed E-state index contributed by atoms with van der Waals surface area (Å²) >= 11 is 0. The van der Waals surface area contributed by atoms with Crippen molar-refractivity contribution in [3.63, 3.8) is 0 Å². The minimum Gasteiger partial charge on any atom is -0.311 e. The first-order valence-electron chi connectivity index (χ1n) is 18.5. The van der Waals surface area contributed by atoms with Crippen molar-refractivity contribution in [2.75, 3.05) is 9.80 Å². The van der Waals surface area contributed by atoms with Crippen LogP contribution >= 0.6 is 10.0 Å². The summed E-state index contributed by atoms with van der Waals surface area (Å²) in [5, 5.41) is 0. The van der Waals surface area contributed by atoms with Crippen LogP contribution in [0.2, 0.25) is 0 Å². The summed E-state index contributed by atoms with van der Waals surface area (Å²) in [6, 6.07) is 64.6. The van der Waals surface area contributed by atoms with Gasteiger partial charge in [0.2, 0.25) is 0 Å². The van der Waals surface area contributed by atoms with Crippen molar-refractivity contribution in [3.8, 4) is 0 Å². The second-order valence-electron chi connectivity index (χ2n) is 14.0. The van der Waals surface area contributed by atoms with Gasteiger partial charge in [-0.05, 0) is 149 Å². The summed E-state index contributed by atoms with van der Waals surface area (Å²) in [7, 11) is -1.93. The van der Waals surface area contributed by atoms with E-state index in [4.69, 9.17) is 0 Å². The van der Waals surface area contributed by atoms with Crippen molar-refractivity contribution in [1.82, 2.24) is 0 Å². The quantitative estimate of drug-likeness (QED) is 0.130. The van der Waals surface area contributed by atoms with Gasteiger partial charge in [0, 0.05) is 53.7 Å². The second-order valence-corrected chi connectivity index (χ2v) is 17.0. The number of benzene rings is 7. The summed E-state index contributed by atoms with van der Waals surface area (Å²) in [6.45, 7) is 8.54. The van der Waals surface area contributed by atoms with E-state index in [9.17, 15) is 0 Å². The molecule has 2 nitrogen and oxygen atoms in total. The molecular weight excluding hydrogens is 673 g/mol. The lowest BCUT2D eigenvalue weighted by atomic mass is 10.1. The van der Waals surface area contributed by atoms with E-state index in [0.717, 1.165) is 34.1 Å². The zero-order chi connectivity index (χ0) is 37.1. The highest BCUT2D eigenvalue weighted by Crippen LogP contribution is 2.74. The molecule has 0 radical (unpaired) electrons. The van der Waals surface area contributed by atoms with Crippen LogP contribution in [0.5, 0.6) is 0 Å². The molecule has 264 valence electrons. The van der Waals surface area contributed by atoms with Crippen molar-refractivity contribution in [1.29, 1.82) is 0 Å². The van der Waals surface area contributed by atoms with Crippen LogP contribution in [0.3, 0.4) is 0 Å². The molecule has 0 atom stereocenters. The van der Waals surface area contributed by atoms with Crippen molar-refractivity contribution in [2.24, 2.45) is 0 Å². The number of aryl methyl sites for hydroxylation is 4. The SMILES string of the molecule is Cc1ccc(N(c2ccc(C)cc2)c2ccc(S(C3=C=CC=C3)(c3ccccc3)c3ccc(N(c4ccc(C)cc4)c4ccc(C)cc4)cc3)cc2)cc1. The van der Waals surface area contributed by atoms with Crippen molar-refractivity contribution >= 4 is 44.2 Å². The fourth-order valence-electron chi connectivity index (χ4n) is 7.19. The third kappa shape index (κ3) is 6.72. The molecular formula is C51H44N2S. The van der Waals surface area contributed by atoms with Gasteiger partial charge in [-0.3, -0.25) is 0 Å². The standard InChI is InChI=1S/C51H44N2S/c1-38-14-22-42(23-15-38)52(43-24-16-39(2)17-25-43)46-30-34-50(35-31-46)54(49-12-8-9-13-49,48-10-6-5-7-11-48)51-36-32-47(33-37-51)53(44-26-18-40(3)19-27-44)45-28-20-41(4)21-29-45/h5-12,14-37H,1-4H3. The van der Waals surface area contributed by atoms with Crippen molar-refractivity contribution in [3.05, 3.63) is 227 Å². The summed E-state index contributed by atoms with van der Waals surface area (Å²) in [4.78, 5) is 9.67. The van der Waals surface area contributed by atoms with Crippen LogP contribution in [-0.4, -0.2) is 0 Å². The van der Waals surface area contributed by atoms with E-state index in [-0.39, 0.29) is 0 Å². The van der Waals surface area contributed by atoms with Gasteiger partial charge in [0.1, 0.15) is 0 Å². The first kappa shape index (κ1) is 34.8. The van der Waals surface area contributed by atoms with Crippen LogP contribution in [0.25, 0.3) is 0 Å². The molecule has 1 aliphatic rings. The van der Waals surface area contributed by atoms with E-state index in [1.807, 2.05) is 0 Å². The van der Waals surface area contributed by atoms with Crippen LogP contribution in [0.15, 0.2) is 219 Å². The van der Waals surface area contributed by atoms with E-state index in [1.165, 1.54) is 41.8 Å². The van der Waals surface area contributed by atoms with E-state index < -0.39 is 10.0 Å². The number of anilines is 6. The third-order valence-corrected chi connectivity index (χ3v) is 13.9. The van der Waals surface area contributed by atoms with E-state index in [2.05, 4.69) is 237 Å². The number of hydrogen-bond donors (Lipinski definition) is 0. The molecule has 0 spiro atoms. The molecule has 0 amide bonds. The summed E-state index contributed by atoms with van der Waals surface area (Å²) in [6.07, 6.45) is 6.42. The van der Waals surface area contributed by atoms with Gasteiger partial charge in [-0.2, -0.15) is 0 Å². The number of rotatable bonds is 10. The maximum Gasteiger partial charge on any atom is 0.0462 e. The second kappa shape index (κ2) is 15.0. The summed E-state index contributed by atoms with van der Waals surface area (Å²) in [5.41, 5.74) is 15.4. The van der Waals surface area contributed by atoms with Gasteiger partial charge in [0.25, 0.3) is 0 Å². The Kier molecular flexibility index (Phi) is 9.68. The van der Waals surface area contributed by atoms with Gasteiger partial charge in [0.15, 0.2) is 0 Å². The topological polar surface area (TPSA) is 6.48 Å². The minimum atomic E-state index is -1.93. The van der Waals surface area contributed by atoms with Crippen molar-refractivity contribution in [2.45, 2.75) is 42.4 Å². The highest BCUT2D eigenvalue weighted by Gasteiger charge is 2.35. The number of nitrogens with zero attached hydrogens (tertiary/aromatic N) is 2. The molecule has 54 heavy (non-hydrogen) atoms. The molecule has 0 fully saturated rings. The molecule has 7 aromatic rings. The fourth-order valence-corrected chi connectivity index (χ4v) is 10.9. The molecule has 0 aliphatic heterocycles. The Bertz CT molecular complexity index is 2220. The Morgan fingerprint density at radius 3 is 0.944 bits per heavy atom. The maximum atomic E-state index is 3.69. The predicted octanol–water partition coefficient (Wildman–Crippen LogP) is 14.8. The van der Waals surface area contributed by atoms with E-state index in [1.54, 1.807) is 0 Å². The lowest BCUT2D eigenvalue weighted by Gasteiger charge is -2.42. The average Bonchev–Trinajstić information content (AvgIpc) is 3.75. The molecule has 0 saturated heterocycles. The Balaban J connectivity index is 1.28. The lowest BCUT2D eigenvalue weighted by molar-refractivity contribution is 1.23. The molecule has 3 heteroatoms. The van der Waals surface area contributed by atoms with E-state index >= 15 is 0 Å². The molecule has 7 aromatic carbocycles. The molecule has 1 aliphatic carbocycles. The summed E-state index contributed by atoms with van der Waals surface area (Å²) in [5.74, 6) is 0. The first-order chi connectivity index (χ1) is 26.4. The summed E-state index contributed by atoms with van der Waals surface area (Å²) < 4.78 is 0. The predicted molar refractivity (Wildman–Crippen MR) is 231 cm³/mol. The number of allylic oxidation sites excluding steroid dienone is 2. The third-order valence-electron chi connectivity index (χ3n) is 10.1. The zero-order valence-electron chi connectivity index (χ0n) is 31.3. The first-order valence-corrected chi connectivity index (χ1v) is 20.1. The van der Waals surface area contributed by atoms with Gasteiger partial charge in [-0.1, -0.05) is 95.1 Å². The van der Waals surface area contributed by atoms with Gasteiger partial charge in [0.05, 0.1) is 0 Å². The van der Waals surface area contributed by atoms with Crippen LogP contribution in [0, 0.1) is 27.7 Å². The van der Waals surface area contributed by atoms with Crippen LogP contribution in [-0.2, 0) is 0 Å². The Morgan fingerprint density at radius 2 is 0.648 bits per heavy atom. The van der Waals surface area contributed by atoms with Crippen LogP contribution in [0.4, 0.5) is 34.1 Å². The molecule has 0 saturated carbocycles. The fraction of sp³-hybridized carbons (Fsp3) is 0.0784. The van der Waals surface area contributed by atoms with Gasteiger partial charge >= 0.3 is 0 Å². The van der Waals surface area contributed by atoms with Gasteiger partial charge < -0.3 is 9.80 Å². The van der Waals surface area contributed by atoms with Crippen LogP contribution < -0.4 is 9.80 Å². The highest BCUT2D eigenvalue weighted by atomic mass is 32.3. The van der Waals surface area contributed by atoms with E-state index in [0.29, 0.717) is 0 Å². The molecule has 8 rings (SSSR count). The Morgan fingerprint density at radius 1 is 0.352 bits per heavy atom. The highest BCUT2D eigenvalue weighted by molar-refractivity contribution is 8.37. The zero-order valence-corrected chi connectivity index (χ0v) is 32.1. The maximum absolute atomic E-state index is 3.69. The monoisotopic (exact) mass is 716 g/mol. The minimum absolute atomic E-state index is 1.11. The molecule has 0 bridgehead atoms. The average molecular weight is 717 g/mol. The lowest BCUT2D eigenvalue weighted by Crippen LogP contribution is -2.11. The largest absolute Gasteiger partial charge is 0.311 e. The molecule has 0 unspecified atom stereocenters. The van der Waals surface area contributed by atoms with Crippen LogP contribution in [0.1, 0.15) is 22.3 Å². The van der Waals surface area contributed by atoms with Gasteiger partial charge in [-0.25, -0.2) is 0 Å². The smallest absolute Gasteiger partial charge is 0.0462 e. The van der Waals surface area contributed by atoms with Crippen molar-refractivity contribution < 1.29 is 0 Å².